The molecule has 23 heavy (non-hydrogen) atoms. The van der Waals surface area contributed by atoms with Gasteiger partial charge in [0.05, 0.1) is 0 Å². The Hall–Kier alpha value is -2.24. The molecule has 0 bridgehead atoms. The Labute approximate surface area is 137 Å². The van der Waals surface area contributed by atoms with E-state index < -0.39 is 0 Å². The maximum Gasteiger partial charge on any atom is 0.151 e. The second-order valence-corrected chi connectivity index (χ2v) is 6.29. The van der Waals surface area contributed by atoms with E-state index in [1.54, 1.807) is 6.20 Å². The van der Waals surface area contributed by atoms with Gasteiger partial charge in [-0.3, -0.25) is 0 Å². The minimum Gasteiger partial charge on any atom is -0.355 e. The predicted molar refractivity (Wildman–Crippen MR) is 91.9 cm³/mol. The van der Waals surface area contributed by atoms with Gasteiger partial charge in [0.25, 0.3) is 0 Å². The van der Waals surface area contributed by atoms with Crippen LogP contribution >= 0.6 is 0 Å². The molecule has 0 N–H and O–H groups in total. The molecule has 0 saturated carbocycles. The molecule has 2 aromatic rings. The molecule has 0 spiro atoms. The molecule has 6 nitrogen and oxygen atoms in total. The summed E-state index contributed by atoms with van der Waals surface area (Å²) in [5.41, 5.74) is 1.04. The van der Waals surface area contributed by atoms with Gasteiger partial charge in [-0.05, 0) is 25.5 Å². The van der Waals surface area contributed by atoms with Gasteiger partial charge in [0.1, 0.15) is 11.6 Å². The van der Waals surface area contributed by atoms with Crippen LogP contribution in [0.5, 0.6) is 0 Å². The summed E-state index contributed by atoms with van der Waals surface area (Å²) >= 11 is 0. The monoisotopic (exact) mass is 312 g/mol. The Bertz CT molecular complexity index is 643. The average molecular weight is 312 g/mol. The quantitative estimate of drug-likeness (QED) is 0.867. The van der Waals surface area contributed by atoms with Crippen molar-refractivity contribution < 1.29 is 0 Å². The van der Waals surface area contributed by atoms with E-state index >= 15 is 0 Å². The Morgan fingerprint density at radius 1 is 1.00 bits per heavy atom. The van der Waals surface area contributed by atoms with Crippen LogP contribution in [0.3, 0.4) is 0 Å². The molecule has 0 atom stereocenters. The van der Waals surface area contributed by atoms with Gasteiger partial charge in [-0.1, -0.05) is 13.8 Å². The highest BCUT2D eigenvalue weighted by Gasteiger charge is 2.18. The molecule has 1 aliphatic rings. The SMILES string of the molecule is Cc1cc(N2CCCN(c3cccnn3)CC2)nc(C(C)C)n1. The Morgan fingerprint density at radius 2 is 1.74 bits per heavy atom. The second kappa shape index (κ2) is 6.89. The summed E-state index contributed by atoms with van der Waals surface area (Å²) in [6.07, 6.45) is 2.79. The van der Waals surface area contributed by atoms with Crippen LogP contribution in [0.4, 0.5) is 11.6 Å². The van der Waals surface area contributed by atoms with Crippen molar-refractivity contribution in [3.8, 4) is 0 Å². The molecule has 0 aliphatic carbocycles. The van der Waals surface area contributed by atoms with Crippen molar-refractivity contribution in [1.29, 1.82) is 0 Å². The fraction of sp³-hybridized carbons (Fsp3) is 0.529. The van der Waals surface area contributed by atoms with Crippen LogP contribution in [0.2, 0.25) is 0 Å². The third kappa shape index (κ3) is 3.75. The zero-order chi connectivity index (χ0) is 16.2. The van der Waals surface area contributed by atoms with E-state index in [2.05, 4.69) is 44.9 Å². The van der Waals surface area contributed by atoms with Crippen LogP contribution in [0.1, 0.15) is 37.7 Å². The van der Waals surface area contributed by atoms with Gasteiger partial charge in [0.15, 0.2) is 5.82 Å². The summed E-state index contributed by atoms with van der Waals surface area (Å²) in [7, 11) is 0. The topological polar surface area (TPSA) is 58.0 Å². The summed E-state index contributed by atoms with van der Waals surface area (Å²) in [6, 6.07) is 6.05. The third-order valence-corrected chi connectivity index (χ3v) is 4.08. The van der Waals surface area contributed by atoms with Crippen LogP contribution in [0, 0.1) is 6.92 Å². The zero-order valence-corrected chi connectivity index (χ0v) is 14.1. The average Bonchev–Trinajstić information content (AvgIpc) is 2.81. The lowest BCUT2D eigenvalue weighted by Crippen LogP contribution is -2.32. The molecule has 3 rings (SSSR count). The lowest BCUT2D eigenvalue weighted by molar-refractivity contribution is 0.740. The molecule has 1 fully saturated rings. The maximum absolute atomic E-state index is 4.76. The highest BCUT2D eigenvalue weighted by atomic mass is 15.3. The maximum atomic E-state index is 4.76. The number of hydrogen-bond acceptors (Lipinski definition) is 6. The van der Waals surface area contributed by atoms with Crippen molar-refractivity contribution in [2.24, 2.45) is 0 Å². The van der Waals surface area contributed by atoms with E-state index in [9.17, 15) is 0 Å². The number of nitrogens with zero attached hydrogens (tertiary/aromatic N) is 6. The van der Waals surface area contributed by atoms with Crippen molar-refractivity contribution in [3.63, 3.8) is 0 Å². The molecular formula is C17H24N6. The first-order valence-corrected chi connectivity index (χ1v) is 8.26. The van der Waals surface area contributed by atoms with Crippen LogP contribution in [0.15, 0.2) is 24.4 Å². The number of aryl methyl sites for hydroxylation is 1. The van der Waals surface area contributed by atoms with Gasteiger partial charge < -0.3 is 9.80 Å². The van der Waals surface area contributed by atoms with Crippen LogP contribution < -0.4 is 9.80 Å². The summed E-state index contributed by atoms with van der Waals surface area (Å²) in [5, 5.41) is 8.21. The lowest BCUT2D eigenvalue weighted by atomic mass is 10.2. The first-order chi connectivity index (χ1) is 11.1. The second-order valence-electron chi connectivity index (χ2n) is 6.29. The van der Waals surface area contributed by atoms with E-state index in [1.165, 1.54) is 0 Å². The normalized spacial score (nSPS) is 15.8. The van der Waals surface area contributed by atoms with Gasteiger partial charge in [-0.2, -0.15) is 5.10 Å². The van der Waals surface area contributed by atoms with Gasteiger partial charge in [0.2, 0.25) is 0 Å². The summed E-state index contributed by atoms with van der Waals surface area (Å²) in [4.78, 5) is 14.0. The summed E-state index contributed by atoms with van der Waals surface area (Å²) in [6.45, 7) is 10.2. The number of anilines is 2. The number of rotatable bonds is 3. The highest BCUT2D eigenvalue weighted by molar-refractivity contribution is 5.43. The van der Waals surface area contributed by atoms with Crippen molar-refractivity contribution in [2.45, 2.75) is 33.1 Å². The molecule has 3 heterocycles. The molecule has 6 heteroatoms. The van der Waals surface area contributed by atoms with Crippen molar-refractivity contribution in [1.82, 2.24) is 20.2 Å². The fourth-order valence-corrected chi connectivity index (χ4v) is 2.83. The van der Waals surface area contributed by atoms with Gasteiger partial charge >= 0.3 is 0 Å². The number of hydrogen-bond donors (Lipinski definition) is 0. The van der Waals surface area contributed by atoms with Crippen LogP contribution in [-0.4, -0.2) is 46.3 Å². The van der Waals surface area contributed by atoms with Crippen LogP contribution in [0.25, 0.3) is 0 Å². The van der Waals surface area contributed by atoms with E-state index in [4.69, 9.17) is 4.98 Å². The Kier molecular flexibility index (Phi) is 4.69. The molecule has 0 aromatic carbocycles. The van der Waals surface area contributed by atoms with Crippen molar-refractivity contribution in [3.05, 3.63) is 35.9 Å². The van der Waals surface area contributed by atoms with E-state index in [0.717, 1.165) is 55.8 Å². The molecule has 1 aliphatic heterocycles. The van der Waals surface area contributed by atoms with E-state index in [0.29, 0.717) is 5.92 Å². The molecular weight excluding hydrogens is 288 g/mol. The van der Waals surface area contributed by atoms with Crippen molar-refractivity contribution >= 4 is 11.6 Å². The third-order valence-electron chi connectivity index (χ3n) is 4.08. The number of aromatic nitrogens is 4. The predicted octanol–water partition coefficient (Wildman–Crippen LogP) is 2.42. The summed E-state index contributed by atoms with van der Waals surface area (Å²) in [5.74, 6) is 3.27. The zero-order valence-electron chi connectivity index (χ0n) is 14.1. The highest BCUT2D eigenvalue weighted by Crippen LogP contribution is 2.20. The lowest BCUT2D eigenvalue weighted by Gasteiger charge is -2.24. The van der Waals surface area contributed by atoms with Gasteiger partial charge in [-0.15, -0.1) is 5.10 Å². The van der Waals surface area contributed by atoms with Crippen LogP contribution in [-0.2, 0) is 0 Å². The first kappa shape index (κ1) is 15.6. The first-order valence-electron chi connectivity index (χ1n) is 8.26. The fourth-order valence-electron chi connectivity index (χ4n) is 2.83. The molecule has 0 amide bonds. The Balaban J connectivity index is 1.75. The molecule has 122 valence electrons. The smallest absolute Gasteiger partial charge is 0.151 e. The van der Waals surface area contributed by atoms with Crippen molar-refractivity contribution in [2.75, 3.05) is 36.0 Å². The largest absolute Gasteiger partial charge is 0.355 e. The summed E-state index contributed by atoms with van der Waals surface area (Å²) < 4.78 is 0. The molecule has 0 unspecified atom stereocenters. The van der Waals surface area contributed by atoms with Gasteiger partial charge in [-0.25, -0.2) is 9.97 Å². The minimum atomic E-state index is 0.344. The minimum absolute atomic E-state index is 0.344. The molecule has 2 aromatic heterocycles. The molecule has 0 radical (unpaired) electrons. The van der Waals surface area contributed by atoms with E-state index in [1.807, 2.05) is 19.1 Å². The van der Waals surface area contributed by atoms with Gasteiger partial charge in [0, 0.05) is 50.1 Å². The Morgan fingerprint density at radius 3 is 2.39 bits per heavy atom. The molecule has 1 saturated heterocycles. The van der Waals surface area contributed by atoms with E-state index in [-0.39, 0.29) is 0 Å². The standard InChI is InChI=1S/C17H24N6/c1-13(2)17-19-14(3)12-16(20-17)23-9-5-8-22(10-11-23)15-6-4-7-18-21-15/h4,6-7,12-13H,5,8-11H2,1-3H3.